The molecule has 0 bridgehead atoms. The summed E-state index contributed by atoms with van der Waals surface area (Å²) >= 11 is 5.78. The van der Waals surface area contributed by atoms with Crippen LogP contribution in [0.5, 0.6) is 0 Å². The lowest BCUT2D eigenvalue weighted by Crippen LogP contribution is -2.43. The number of fused-ring (bicyclic) bond motifs is 1. The molecular weight excluding hydrogens is 338 g/mol. The van der Waals surface area contributed by atoms with Crippen molar-refractivity contribution < 1.29 is 14.3 Å². The van der Waals surface area contributed by atoms with Gasteiger partial charge in [0.05, 0.1) is 5.69 Å². The minimum absolute atomic E-state index is 0.000166. The number of amides is 1. The van der Waals surface area contributed by atoms with Crippen molar-refractivity contribution in [1.29, 1.82) is 0 Å². The van der Waals surface area contributed by atoms with Crippen LogP contribution in [0.15, 0.2) is 24.3 Å². The standard InChI is InChI=1S/C20H28ClNO3/c1-2-3-4-5-12-19(23)25-15-22-18-11-7-6-9-16(18)14-17(20(22)24)10-8-13-21/h6-7,9,11,17H,2-5,8,10,12-15H2,1H3. The summed E-state index contributed by atoms with van der Waals surface area (Å²) in [7, 11) is 0. The van der Waals surface area contributed by atoms with Crippen molar-refractivity contribution >= 4 is 29.2 Å². The molecular formula is C20H28ClNO3. The number of ether oxygens (including phenoxy) is 1. The number of carbonyl (C=O) groups is 2. The maximum atomic E-state index is 12.8. The van der Waals surface area contributed by atoms with Crippen LogP contribution in [0.4, 0.5) is 5.69 Å². The maximum absolute atomic E-state index is 12.8. The van der Waals surface area contributed by atoms with E-state index in [-0.39, 0.29) is 24.5 Å². The molecule has 0 spiro atoms. The number of nitrogens with zero attached hydrogens (tertiary/aromatic N) is 1. The second-order valence-electron chi connectivity index (χ2n) is 6.58. The van der Waals surface area contributed by atoms with Crippen molar-refractivity contribution in [3.05, 3.63) is 29.8 Å². The number of carbonyl (C=O) groups excluding carboxylic acids is 2. The molecule has 0 aliphatic carbocycles. The van der Waals surface area contributed by atoms with Gasteiger partial charge >= 0.3 is 5.97 Å². The summed E-state index contributed by atoms with van der Waals surface area (Å²) in [6.45, 7) is 2.14. The number of esters is 1. The molecule has 138 valence electrons. The number of para-hydroxylation sites is 1. The molecule has 1 amide bonds. The summed E-state index contributed by atoms with van der Waals surface area (Å²) < 4.78 is 5.38. The molecule has 1 aliphatic rings. The van der Waals surface area contributed by atoms with Crippen molar-refractivity contribution in [3.8, 4) is 0 Å². The Morgan fingerprint density at radius 1 is 1.24 bits per heavy atom. The smallest absolute Gasteiger partial charge is 0.307 e. The Morgan fingerprint density at radius 2 is 2.04 bits per heavy atom. The quantitative estimate of drug-likeness (QED) is 0.343. The normalized spacial score (nSPS) is 16.6. The third-order valence-corrected chi connectivity index (χ3v) is 4.91. The first-order valence-electron chi connectivity index (χ1n) is 9.28. The van der Waals surface area contributed by atoms with Gasteiger partial charge in [-0.2, -0.15) is 0 Å². The molecule has 1 heterocycles. The van der Waals surface area contributed by atoms with Crippen LogP contribution in [-0.2, 0) is 20.7 Å². The van der Waals surface area contributed by atoms with Gasteiger partial charge in [-0.1, -0.05) is 44.4 Å². The third-order valence-electron chi connectivity index (χ3n) is 4.64. The first kappa shape index (κ1) is 19.8. The topological polar surface area (TPSA) is 46.6 Å². The fourth-order valence-corrected chi connectivity index (χ4v) is 3.38. The molecule has 5 heteroatoms. The monoisotopic (exact) mass is 365 g/mol. The summed E-state index contributed by atoms with van der Waals surface area (Å²) in [6, 6.07) is 7.84. The second-order valence-corrected chi connectivity index (χ2v) is 6.96. The molecule has 0 radical (unpaired) electrons. The van der Waals surface area contributed by atoms with Crippen LogP contribution in [0, 0.1) is 5.92 Å². The molecule has 0 N–H and O–H groups in total. The van der Waals surface area contributed by atoms with Crippen LogP contribution in [0.3, 0.4) is 0 Å². The predicted octanol–water partition coefficient (Wildman–Crippen LogP) is 4.68. The number of hydrogen-bond acceptors (Lipinski definition) is 3. The highest BCUT2D eigenvalue weighted by Crippen LogP contribution is 2.32. The number of anilines is 1. The Hall–Kier alpha value is -1.55. The lowest BCUT2D eigenvalue weighted by Gasteiger charge is -2.33. The van der Waals surface area contributed by atoms with E-state index >= 15 is 0 Å². The fourth-order valence-electron chi connectivity index (χ4n) is 3.23. The number of hydrogen-bond donors (Lipinski definition) is 0. The van der Waals surface area contributed by atoms with Crippen molar-refractivity contribution in [2.24, 2.45) is 5.92 Å². The Labute approximate surface area is 155 Å². The molecule has 1 aliphatic heterocycles. The third kappa shape index (κ3) is 5.74. The highest BCUT2D eigenvalue weighted by molar-refractivity contribution is 6.17. The van der Waals surface area contributed by atoms with Gasteiger partial charge in [0.1, 0.15) is 0 Å². The van der Waals surface area contributed by atoms with Crippen LogP contribution in [-0.4, -0.2) is 24.5 Å². The number of halogens is 1. The second kappa shape index (κ2) is 10.4. The Bertz CT molecular complexity index is 576. The summed E-state index contributed by atoms with van der Waals surface area (Å²) in [4.78, 5) is 26.4. The van der Waals surface area contributed by atoms with Crippen molar-refractivity contribution in [2.75, 3.05) is 17.5 Å². The summed E-state index contributed by atoms with van der Waals surface area (Å²) in [5.74, 6) is 0.266. The van der Waals surface area contributed by atoms with Gasteiger partial charge in [0, 0.05) is 18.2 Å². The predicted molar refractivity (Wildman–Crippen MR) is 101 cm³/mol. The molecule has 25 heavy (non-hydrogen) atoms. The summed E-state index contributed by atoms with van der Waals surface area (Å²) in [6.07, 6.45) is 6.87. The van der Waals surface area contributed by atoms with E-state index in [1.54, 1.807) is 4.90 Å². The van der Waals surface area contributed by atoms with E-state index in [4.69, 9.17) is 16.3 Å². The van der Waals surface area contributed by atoms with E-state index < -0.39 is 0 Å². The van der Waals surface area contributed by atoms with Gasteiger partial charge in [-0.3, -0.25) is 14.5 Å². The van der Waals surface area contributed by atoms with Crippen LogP contribution >= 0.6 is 11.6 Å². The Kier molecular flexibility index (Phi) is 8.26. The minimum Gasteiger partial charge on any atom is -0.444 e. The molecule has 0 aromatic heterocycles. The van der Waals surface area contributed by atoms with Crippen molar-refractivity contribution in [2.45, 2.75) is 58.3 Å². The van der Waals surface area contributed by atoms with Gasteiger partial charge in [0.25, 0.3) is 0 Å². The SMILES string of the molecule is CCCCCCC(=O)OCN1C(=O)C(CCCCl)Cc2ccccc21. The average molecular weight is 366 g/mol. The molecule has 2 rings (SSSR count). The van der Waals surface area contributed by atoms with Crippen LogP contribution in [0.25, 0.3) is 0 Å². The average Bonchev–Trinajstić information content (AvgIpc) is 2.63. The van der Waals surface area contributed by atoms with Crippen molar-refractivity contribution in [1.82, 2.24) is 0 Å². The van der Waals surface area contributed by atoms with Gasteiger partial charge in [-0.05, 0) is 37.3 Å². The van der Waals surface area contributed by atoms with E-state index in [0.29, 0.717) is 12.3 Å². The molecule has 0 fully saturated rings. The van der Waals surface area contributed by atoms with Crippen LogP contribution in [0.1, 0.15) is 57.4 Å². The summed E-state index contributed by atoms with van der Waals surface area (Å²) in [5, 5.41) is 0. The Morgan fingerprint density at radius 3 is 2.80 bits per heavy atom. The number of alkyl halides is 1. The van der Waals surface area contributed by atoms with Crippen LogP contribution < -0.4 is 4.90 Å². The zero-order chi connectivity index (χ0) is 18.1. The first-order chi connectivity index (χ1) is 12.2. The highest BCUT2D eigenvalue weighted by atomic mass is 35.5. The summed E-state index contributed by atoms with van der Waals surface area (Å²) in [5.41, 5.74) is 1.98. The lowest BCUT2D eigenvalue weighted by atomic mass is 9.89. The van der Waals surface area contributed by atoms with E-state index in [0.717, 1.165) is 56.2 Å². The van der Waals surface area contributed by atoms with E-state index in [9.17, 15) is 9.59 Å². The van der Waals surface area contributed by atoms with E-state index in [2.05, 4.69) is 6.92 Å². The number of rotatable bonds is 10. The largest absolute Gasteiger partial charge is 0.444 e. The zero-order valence-electron chi connectivity index (χ0n) is 15.0. The van der Waals surface area contributed by atoms with Gasteiger partial charge in [0.15, 0.2) is 6.73 Å². The molecule has 1 aromatic carbocycles. The number of benzene rings is 1. The zero-order valence-corrected chi connectivity index (χ0v) is 15.8. The lowest BCUT2D eigenvalue weighted by molar-refractivity contribution is -0.144. The van der Waals surface area contributed by atoms with Gasteiger partial charge < -0.3 is 4.74 Å². The Balaban J connectivity index is 1.97. The van der Waals surface area contributed by atoms with Crippen molar-refractivity contribution in [3.63, 3.8) is 0 Å². The maximum Gasteiger partial charge on any atom is 0.307 e. The molecule has 1 atom stereocenters. The highest BCUT2D eigenvalue weighted by Gasteiger charge is 2.32. The van der Waals surface area contributed by atoms with E-state index in [1.807, 2.05) is 24.3 Å². The van der Waals surface area contributed by atoms with Gasteiger partial charge in [0.2, 0.25) is 5.91 Å². The van der Waals surface area contributed by atoms with E-state index in [1.165, 1.54) is 0 Å². The van der Waals surface area contributed by atoms with Crippen LogP contribution in [0.2, 0.25) is 0 Å². The molecule has 4 nitrogen and oxygen atoms in total. The minimum atomic E-state index is -0.232. The van der Waals surface area contributed by atoms with Gasteiger partial charge in [-0.15, -0.1) is 11.6 Å². The molecule has 1 aromatic rings. The molecule has 0 saturated carbocycles. The molecule has 0 saturated heterocycles. The number of unbranched alkanes of at least 4 members (excludes halogenated alkanes) is 3. The molecule has 1 unspecified atom stereocenters. The first-order valence-corrected chi connectivity index (χ1v) is 9.81. The van der Waals surface area contributed by atoms with Gasteiger partial charge in [-0.25, -0.2) is 0 Å². The fraction of sp³-hybridized carbons (Fsp3) is 0.600.